The van der Waals surface area contributed by atoms with Crippen molar-refractivity contribution in [3.63, 3.8) is 0 Å². The summed E-state index contributed by atoms with van der Waals surface area (Å²) in [5.41, 5.74) is 2.40. The maximum absolute atomic E-state index is 12.1. The number of amides is 1. The summed E-state index contributed by atoms with van der Waals surface area (Å²) < 4.78 is 5.77. The Morgan fingerprint density at radius 1 is 1.38 bits per heavy atom. The van der Waals surface area contributed by atoms with Crippen LogP contribution >= 0.6 is 11.6 Å². The van der Waals surface area contributed by atoms with Crippen LogP contribution in [0.4, 0.5) is 0 Å². The second-order valence-corrected chi connectivity index (χ2v) is 7.32. The van der Waals surface area contributed by atoms with Gasteiger partial charge in [-0.25, -0.2) is 0 Å². The molecule has 3 aromatic rings. The third kappa shape index (κ3) is 3.51. The van der Waals surface area contributed by atoms with E-state index < -0.39 is 0 Å². The summed E-state index contributed by atoms with van der Waals surface area (Å²) in [6, 6.07) is 9.36. The highest BCUT2D eigenvalue weighted by molar-refractivity contribution is 6.32. The van der Waals surface area contributed by atoms with Gasteiger partial charge in [-0.3, -0.25) is 4.79 Å². The van der Waals surface area contributed by atoms with Crippen molar-refractivity contribution in [2.24, 2.45) is 5.41 Å². The standard InChI is InChI=1S/C19H19ClN4O2/c1-19(4-5-19)18(25)21-10-14-7-12-8-15(20)17(9-16(12)23-14)26-11-13-3-2-6-22-24-13/h2-3,6-9,23H,4-5,10-11H2,1H3,(H,21,25). The lowest BCUT2D eigenvalue weighted by Crippen LogP contribution is -2.29. The third-order valence-corrected chi connectivity index (χ3v) is 5.02. The molecule has 134 valence electrons. The Bertz CT molecular complexity index is 951. The Hall–Kier alpha value is -2.60. The summed E-state index contributed by atoms with van der Waals surface area (Å²) in [5.74, 6) is 0.690. The predicted molar refractivity (Wildman–Crippen MR) is 98.9 cm³/mol. The van der Waals surface area contributed by atoms with Crippen LogP contribution in [0.3, 0.4) is 0 Å². The van der Waals surface area contributed by atoms with Crippen LogP contribution in [0.25, 0.3) is 10.9 Å². The van der Waals surface area contributed by atoms with Crippen LogP contribution in [-0.2, 0) is 17.9 Å². The van der Waals surface area contributed by atoms with Crippen molar-refractivity contribution < 1.29 is 9.53 Å². The summed E-state index contributed by atoms with van der Waals surface area (Å²) >= 11 is 6.33. The van der Waals surface area contributed by atoms with Crippen LogP contribution in [0.5, 0.6) is 5.75 Å². The van der Waals surface area contributed by atoms with Crippen molar-refractivity contribution in [1.29, 1.82) is 0 Å². The second-order valence-electron chi connectivity index (χ2n) is 6.91. The molecule has 0 radical (unpaired) electrons. The number of aromatic nitrogens is 3. The van der Waals surface area contributed by atoms with Crippen LogP contribution in [0.15, 0.2) is 36.5 Å². The largest absolute Gasteiger partial charge is 0.486 e. The van der Waals surface area contributed by atoms with E-state index in [1.807, 2.05) is 37.3 Å². The molecule has 0 aliphatic heterocycles. The van der Waals surface area contributed by atoms with Crippen LogP contribution in [-0.4, -0.2) is 21.1 Å². The van der Waals surface area contributed by atoms with E-state index in [1.54, 1.807) is 6.20 Å². The number of hydrogen-bond donors (Lipinski definition) is 2. The first-order valence-corrected chi connectivity index (χ1v) is 8.90. The Morgan fingerprint density at radius 2 is 2.23 bits per heavy atom. The number of ether oxygens (including phenoxy) is 1. The molecular weight excluding hydrogens is 352 g/mol. The van der Waals surface area contributed by atoms with E-state index in [0.29, 0.717) is 23.9 Å². The van der Waals surface area contributed by atoms with E-state index in [4.69, 9.17) is 16.3 Å². The number of hydrogen-bond acceptors (Lipinski definition) is 4. The molecule has 1 aromatic carbocycles. The molecule has 0 unspecified atom stereocenters. The maximum Gasteiger partial charge on any atom is 0.226 e. The fourth-order valence-corrected chi connectivity index (χ4v) is 2.99. The Labute approximate surface area is 155 Å². The van der Waals surface area contributed by atoms with Crippen molar-refractivity contribution in [3.8, 4) is 5.75 Å². The Kier molecular flexibility index (Phi) is 4.28. The molecule has 1 saturated carbocycles. The van der Waals surface area contributed by atoms with Crippen LogP contribution < -0.4 is 10.1 Å². The summed E-state index contributed by atoms with van der Waals surface area (Å²) in [6.45, 7) is 2.76. The van der Waals surface area contributed by atoms with Gasteiger partial charge in [0.25, 0.3) is 0 Å². The molecule has 6 nitrogen and oxygen atoms in total. The number of fused-ring (bicyclic) bond motifs is 1. The van der Waals surface area contributed by atoms with E-state index in [2.05, 4.69) is 20.5 Å². The van der Waals surface area contributed by atoms with Crippen molar-refractivity contribution >= 4 is 28.4 Å². The fourth-order valence-electron chi connectivity index (χ4n) is 2.76. The number of nitrogens with one attached hydrogen (secondary N) is 2. The van der Waals surface area contributed by atoms with Crippen molar-refractivity contribution in [3.05, 3.63) is 52.9 Å². The number of nitrogens with zero attached hydrogens (tertiary/aromatic N) is 2. The SMILES string of the molecule is CC1(C(=O)NCc2cc3cc(Cl)c(OCc4cccnn4)cc3[nH]2)CC1. The van der Waals surface area contributed by atoms with E-state index in [-0.39, 0.29) is 11.3 Å². The van der Waals surface area contributed by atoms with Gasteiger partial charge in [-0.2, -0.15) is 10.2 Å². The van der Waals surface area contributed by atoms with Gasteiger partial charge in [0.2, 0.25) is 5.91 Å². The minimum atomic E-state index is -0.170. The van der Waals surface area contributed by atoms with Gasteiger partial charge in [0, 0.05) is 34.3 Å². The Morgan fingerprint density at radius 3 is 2.96 bits per heavy atom. The number of benzene rings is 1. The average Bonchev–Trinajstić information content (AvgIpc) is 3.27. The van der Waals surface area contributed by atoms with Crippen LogP contribution in [0.2, 0.25) is 5.02 Å². The first kappa shape index (κ1) is 16.8. The zero-order valence-electron chi connectivity index (χ0n) is 14.4. The number of aromatic amines is 1. The first-order chi connectivity index (χ1) is 12.5. The Balaban J connectivity index is 1.46. The van der Waals surface area contributed by atoms with Gasteiger partial charge in [-0.15, -0.1) is 0 Å². The highest BCUT2D eigenvalue weighted by atomic mass is 35.5. The van der Waals surface area contributed by atoms with Gasteiger partial charge in [-0.05, 0) is 37.1 Å². The predicted octanol–water partition coefficient (Wildman–Crippen LogP) is 3.61. The molecule has 1 amide bonds. The highest BCUT2D eigenvalue weighted by Crippen LogP contribution is 2.45. The fraction of sp³-hybridized carbons (Fsp3) is 0.316. The minimum Gasteiger partial charge on any atom is -0.486 e. The van der Waals surface area contributed by atoms with Gasteiger partial charge in [-0.1, -0.05) is 18.5 Å². The van der Waals surface area contributed by atoms with Gasteiger partial charge in [0.15, 0.2) is 0 Å². The van der Waals surface area contributed by atoms with E-state index >= 15 is 0 Å². The zero-order valence-corrected chi connectivity index (χ0v) is 15.1. The molecule has 0 saturated heterocycles. The molecule has 26 heavy (non-hydrogen) atoms. The molecular formula is C19H19ClN4O2. The second kappa shape index (κ2) is 6.61. The van der Waals surface area contributed by atoms with E-state index in [0.717, 1.165) is 35.1 Å². The van der Waals surface area contributed by atoms with Gasteiger partial charge in [0.05, 0.1) is 11.6 Å². The molecule has 2 N–H and O–H groups in total. The molecule has 2 aromatic heterocycles. The third-order valence-electron chi connectivity index (χ3n) is 4.72. The topological polar surface area (TPSA) is 79.9 Å². The van der Waals surface area contributed by atoms with Gasteiger partial charge in [0.1, 0.15) is 18.1 Å². The van der Waals surface area contributed by atoms with Crippen molar-refractivity contribution in [2.45, 2.75) is 32.9 Å². The normalized spacial score (nSPS) is 15.0. The molecule has 1 aliphatic carbocycles. The molecule has 2 heterocycles. The molecule has 7 heteroatoms. The number of rotatable bonds is 6. The van der Waals surface area contributed by atoms with Gasteiger partial charge >= 0.3 is 0 Å². The number of halogens is 1. The molecule has 1 fully saturated rings. The van der Waals surface area contributed by atoms with Crippen molar-refractivity contribution in [2.75, 3.05) is 0 Å². The summed E-state index contributed by atoms with van der Waals surface area (Å²) in [5, 5.41) is 12.3. The molecule has 0 spiro atoms. The van der Waals surface area contributed by atoms with Gasteiger partial charge < -0.3 is 15.0 Å². The van der Waals surface area contributed by atoms with E-state index in [9.17, 15) is 4.79 Å². The lowest BCUT2D eigenvalue weighted by Gasteiger charge is -2.08. The smallest absolute Gasteiger partial charge is 0.226 e. The number of carbonyl (C=O) groups excluding carboxylic acids is 1. The van der Waals surface area contributed by atoms with Crippen LogP contribution in [0, 0.1) is 5.41 Å². The first-order valence-electron chi connectivity index (χ1n) is 8.52. The van der Waals surface area contributed by atoms with Crippen molar-refractivity contribution in [1.82, 2.24) is 20.5 Å². The molecule has 0 atom stereocenters. The molecule has 4 rings (SSSR count). The summed E-state index contributed by atoms with van der Waals surface area (Å²) in [6.07, 6.45) is 3.55. The molecule has 1 aliphatic rings. The lowest BCUT2D eigenvalue weighted by atomic mass is 10.1. The lowest BCUT2D eigenvalue weighted by molar-refractivity contribution is -0.125. The number of H-pyrrole nitrogens is 1. The minimum absolute atomic E-state index is 0.113. The van der Waals surface area contributed by atoms with Crippen LogP contribution in [0.1, 0.15) is 31.2 Å². The highest BCUT2D eigenvalue weighted by Gasteiger charge is 2.44. The van der Waals surface area contributed by atoms with E-state index in [1.165, 1.54) is 0 Å². The monoisotopic (exact) mass is 370 g/mol. The average molecular weight is 371 g/mol. The number of carbonyl (C=O) groups is 1. The summed E-state index contributed by atoms with van der Waals surface area (Å²) in [4.78, 5) is 15.4. The zero-order chi connectivity index (χ0) is 18.1. The summed E-state index contributed by atoms with van der Waals surface area (Å²) in [7, 11) is 0. The maximum atomic E-state index is 12.1. The quantitative estimate of drug-likeness (QED) is 0.694. The molecule has 0 bridgehead atoms.